The lowest BCUT2D eigenvalue weighted by Crippen LogP contribution is -2.52. The molecule has 2 aliphatic rings. The van der Waals surface area contributed by atoms with Gasteiger partial charge in [0.2, 0.25) is 5.95 Å². The second kappa shape index (κ2) is 7.82. The molecule has 11 heteroatoms. The van der Waals surface area contributed by atoms with Crippen molar-refractivity contribution in [2.45, 2.75) is 24.8 Å². The van der Waals surface area contributed by atoms with E-state index in [-0.39, 0.29) is 11.5 Å². The van der Waals surface area contributed by atoms with E-state index in [1.54, 1.807) is 0 Å². The van der Waals surface area contributed by atoms with E-state index in [1.165, 1.54) is 28.9 Å². The number of nitrogens with zero attached hydrogens (tertiary/aromatic N) is 4. The zero-order valence-corrected chi connectivity index (χ0v) is 17.7. The van der Waals surface area contributed by atoms with Crippen LogP contribution in [0, 0.1) is 0 Å². The van der Waals surface area contributed by atoms with Gasteiger partial charge in [0.1, 0.15) is 5.82 Å². The van der Waals surface area contributed by atoms with Crippen LogP contribution in [0.4, 0.5) is 17.5 Å². The smallest absolute Gasteiger partial charge is 0.281 e. The monoisotopic (exact) mass is 431 g/mol. The number of anilines is 3. The number of nitrogens with two attached hydrogens (primary N) is 1. The molecular formula is C19H25N7O3S. The number of amides is 1. The zero-order valence-electron chi connectivity index (χ0n) is 16.9. The lowest BCUT2D eigenvalue weighted by molar-refractivity contribution is 0.100. The van der Waals surface area contributed by atoms with Gasteiger partial charge in [0, 0.05) is 51.0 Å². The Morgan fingerprint density at radius 2 is 1.87 bits per heavy atom. The number of carbonyl (C=O) groups excluding carboxylic acids is 1. The molecule has 0 radical (unpaired) electrons. The molecule has 0 spiro atoms. The van der Waals surface area contributed by atoms with Gasteiger partial charge in [-0.15, -0.1) is 0 Å². The normalized spacial score (nSPS) is 17.6. The van der Waals surface area contributed by atoms with Crippen LogP contribution in [0.2, 0.25) is 0 Å². The van der Waals surface area contributed by atoms with E-state index in [9.17, 15) is 13.2 Å². The number of hydrogen-bond donors (Lipinski definition) is 3. The molecule has 1 aromatic carbocycles. The molecule has 1 aliphatic carbocycles. The maximum atomic E-state index is 12.1. The van der Waals surface area contributed by atoms with Crippen molar-refractivity contribution in [3.63, 3.8) is 0 Å². The Bertz CT molecular complexity index is 1050. The van der Waals surface area contributed by atoms with E-state index in [4.69, 9.17) is 5.73 Å². The molecule has 1 aromatic heterocycles. The van der Waals surface area contributed by atoms with Gasteiger partial charge in [-0.2, -0.15) is 22.0 Å². The molecule has 2 heterocycles. The minimum Gasteiger partial charge on any atom is -0.367 e. The predicted molar refractivity (Wildman–Crippen MR) is 114 cm³/mol. The molecule has 30 heavy (non-hydrogen) atoms. The van der Waals surface area contributed by atoms with Crippen LogP contribution in [-0.2, 0) is 10.2 Å². The molecule has 10 nitrogen and oxygen atoms in total. The number of carbonyl (C=O) groups is 1. The summed E-state index contributed by atoms with van der Waals surface area (Å²) in [6, 6.07) is 8.06. The summed E-state index contributed by atoms with van der Waals surface area (Å²) in [6.45, 7) is 0.947. The van der Waals surface area contributed by atoms with Gasteiger partial charge in [-0.1, -0.05) is 12.1 Å². The number of rotatable bonds is 8. The van der Waals surface area contributed by atoms with Crippen LogP contribution in [0.15, 0.2) is 30.5 Å². The topological polar surface area (TPSA) is 134 Å². The SMILES string of the molecule is CN(C)S(=O)(=O)N1CC(c2ccc(Nc3ncc(C(N)=O)c(NC4CC4)n3)cc2)C1. The summed E-state index contributed by atoms with van der Waals surface area (Å²) < 4.78 is 26.9. The van der Waals surface area contributed by atoms with E-state index in [1.807, 2.05) is 24.3 Å². The first-order valence-corrected chi connectivity index (χ1v) is 11.1. The Morgan fingerprint density at radius 3 is 2.43 bits per heavy atom. The number of aromatic nitrogens is 2. The number of benzene rings is 1. The van der Waals surface area contributed by atoms with E-state index >= 15 is 0 Å². The fourth-order valence-corrected chi connectivity index (χ4v) is 4.39. The van der Waals surface area contributed by atoms with Crippen LogP contribution >= 0.6 is 0 Å². The third-order valence-corrected chi connectivity index (χ3v) is 7.12. The van der Waals surface area contributed by atoms with Gasteiger partial charge in [-0.05, 0) is 30.5 Å². The first-order valence-electron chi connectivity index (χ1n) is 9.72. The summed E-state index contributed by atoms with van der Waals surface area (Å²) in [5.41, 5.74) is 7.54. The van der Waals surface area contributed by atoms with Crippen LogP contribution in [-0.4, -0.2) is 66.1 Å². The summed E-state index contributed by atoms with van der Waals surface area (Å²) in [5.74, 6) is 0.410. The van der Waals surface area contributed by atoms with Gasteiger partial charge in [0.05, 0.1) is 5.56 Å². The Hall–Kier alpha value is -2.76. The first-order chi connectivity index (χ1) is 14.2. The second-order valence-electron chi connectivity index (χ2n) is 7.79. The average molecular weight is 432 g/mol. The maximum Gasteiger partial charge on any atom is 0.281 e. The molecule has 2 fully saturated rings. The molecule has 160 valence electrons. The van der Waals surface area contributed by atoms with Crippen molar-refractivity contribution >= 4 is 33.6 Å². The van der Waals surface area contributed by atoms with Gasteiger partial charge in [-0.3, -0.25) is 4.79 Å². The van der Waals surface area contributed by atoms with Crippen molar-refractivity contribution in [1.29, 1.82) is 0 Å². The molecule has 1 saturated carbocycles. The lowest BCUT2D eigenvalue weighted by Gasteiger charge is -2.39. The molecule has 1 aliphatic heterocycles. The Balaban J connectivity index is 1.41. The number of primary amides is 1. The largest absolute Gasteiger partial charge is 0.367 e. The van der Waals surface area contributed by atoms with Crippen LogP contribution in [0.3, 0.4) is 0 Å². The molecule has 0 atom stereocenters. The fraction of sp³-hybridized carbons (Fsp3) is 0.421. The summed E-state index contributed by atoms with van der Waals surface area (Å²) in [4.78, 5) is 20.2. The van der Waals surface area contributed by atoms with E-state index in [0.29, 0.717) is 30.9 Å². The highest BCUT2D eigenvalue weighted by Crippen LogP contribution is 2.31. The molecule has 1 saturated heterocycles. The van der Waals surface area contributed by atoms with Crippen LogP contribution in [0.5, 0.6) is 0 Å². The average Bonchev–Trinajstić information content (AvgIpc) is 3.45. The highest BCUT2D eigenvalue weighted by atomic mass is 32.2. The van der Waals surface area contributed by atoms with Crippen LogP contribution < -0.4 is 16.4 Å². The highest BCUT2D eigenvalue weighted by molar-refractivity contribution is 7.86. The van der Waals surface area contributed by atoms with Crippen molar-refractivity contribution in [3.05, 3.63) is 41.6 Å². The first kappa shape index (κ1) is 20.5. The van der Waals surface area contributed by atoms with E-state index < -0.39 is 16.1 Å². The van der Waals surface area contributed by atoms with E-state index in [2.05, 4.69) is 20.6 Å². The molecule has 2 aromatic rings. The summed E-state index contributed by atoms with van der Waals surface area (Å²) >= 11 is 0. The Labute approximate surface area is 175 Å². The molecule has 4 N–H and O–H groups in total. The van der Waals surface area contributed by atoms with E-state index in [0.717, 1.165) is 24.1 Å². The highest BCUT2D eigenvalue weighted by Gasteiger charge is 2.37. The quantitative estimate of drug-likeness (QED) is 0.570. The predicted octanol–water partition coefficient (Wildman–Crippen LogP) is 1.10. The summed E-state index contributed by atoms with van der Waals surface area (Å²) in [5, 5.41) is 6.33. The minimum atomic E-state index is -3.35. The molecular weight excluding hydrogens is 406 g/mol. The molecule has 0 bridgehead atoms. The van der Waals surface area contributed by atoms with Crippen molar-refractivity contribution in [2.75, 3.05) is 37.8 Å². The number of nitrogens with one attached hydrogen (secondary N) is 2. The van der Waals surface area contributed by atoms with Crippen LogP contribution in [0.1, 0.15) is 34.7 Å². The van der Waals surface area contributed by atoms with Crippen molar-refractivity contribution in [2.24, 2.45) is 5.73 Å². The van der Waals surface area contributed by atoms with Crippen molar-refractivity contribution in [3.8, 4) is 0 Å². The van der Waals surface area contributed by atoms with Crippen molar-refractivity contribution < 1.29 is 13.2 Å². The van der Waals surface area contributed by atoms with Gasteiger partial charge in [0.15, 0.2) is 0 Å². The zero-order chi connectivity index (χ0) is 21.5. The maximum absolute atomic E-state index is 12.1. The Kier molecular flexibility index (Phi) is 5.35. The third kappa shape index (κ3) is 4.23. The third-order valence-electron chi connectivity index (χ3n) is 5.25. The van der Waals surface area contributed by atoms with Crippen LogP contribution in [0.25, 0.3) is 0 Å². The summed E-state index contributed by atoms with van der Waals surface area (Å²) in [6.07, 6.45) is 3.51. The molecule has 0 unspecified atom stereocenters. The van der Waals surface area contributed by atoms with Gasteiger partial charge < -0.3 is 16.4 Å². The van der Waals surface area contributed by atoms with Gasteiger partial charge in [-0.25, -0.2) is 4.98 Å². The van der Waals surface area contributed by atoms with Gasteiger partial charge in [0.25, 0.3) is 16.1 Å². The molecule has 1 amide bonds. The Morgan fingerprint density at radius 1 is 1.20 bits per heavy atom. The summed E-state index contributed by atoms with van der Waals surface area (Å²) in [7, 11) is -0.280. The molecule has 4 rings (SSSR count). The van der Waals surface area contributed by atoms with Gasteiger partial charge >= 0.3 is 0 Å². The standard InChI is InChI=1S/C19H25N7O3S/c1-25(2)30(28,29)26-10-13(11-26)12-3-5-15(6-4-12)23-19-21-9-16(17(20)27)18(24-19)22-14-7-8-14/h3-6,9,13-14H,7-8,10-11H2,1-2H3,(H2,20,27)(H2,21,22,23,24). The minimum absolute atomic E-state index is 0.175. The fourth-order valence-electron chi connectivity index (χ4n) is 3.19. The number of hydrogen-bond acceptors (Lipinski definition) is 7. The van der Waals surface area contributed by atoms with Crippen molar-refractivity contribution in [1.82, 2.24) is 18.6 Å². The lowest BCUT2D eigenvalue weighted by atomic mass is 9.94. The second-order valence-corrected chi connectivity index (χ2v) is 9.93.